The molecule has 1 aromatic carbocycles. The summed E-state index contributed by atoms with van der Waals surface area (Å²) in [5.74, 6) is -0.679. The van der Waals surface area contributed by atoms with Crippen molar-refractivity contribution < 1.29 is 19.2 Å². The molecule has 1 atom stereocenters. The topological polar surface area (TPSA) is 127 Å². The number of nitrogens with zero attached hydrogens (tertiary/aromatic N) is 2. The van der Waals surface area contributed by atoms with Gasteiger partial charge in [-0.1, -0.05) is 12.1 Å². The van der Waals surface area contributed by atoms with Crippen molar-refractivity contribution in [2.75, 3.05) is 32.6 Å². The minimum atomic E-state index is -0.917. The molecule has 0 spiro atoms. The molecule has 10 nitrogen and oxygen atoms in total. The standard InChI is InChI=1S/C20H22N4O6/c1-12-18(30-20(26)29-10-9-23(2)3)16(13-5-4-6-14(11-13)24(27)28)17-15(22-12)7-8-21-19(17)25/h4-8,11,16,22H,9-10H2,1-3H3,(H,21,25). The van der Waals surface area contributed by atoms with E-state index in [4.69, 9.17) is 9.47 Å². The molecule has 0 saturated carbocycles. The molecule has 0 aliphatic carbocycles. The number of carbonyl (C=O) groups is 1. The zero-order valence-electron chi connectivity index (χ0n) is 16.8. The number of allylic oxidation sites excluding steroid dienone is 2. The van der Waals surface area contributed by atoms with Crippen molar-refractivity contribution in [3.05, 3.63) is 79.6 Å². The minimum absolute atomic E-state index is 0.129. The average molecular weight is 414 g/mol. The Bertz CT molecular complexity index is 1060. The van der Waals surface area contributed by atoms with Gasteiger partial charge in [0, 0.05) is 30.6 Å². The summed E-state index contributed by atoms with van der Waals surface area (Å²) in [5.41, 5.74) is 1.23. The van der Waals surface area contributed by atoms with Gasteiger partial charge in [-0.2, -0.15) is 0 Å². The van der Waals surface area contributed by atoms with E-state index in [2.05, 4.69) is 10.3 Å². The SMILES string of the molecule is CC1=C(OC(=O)OCCN(C)C)C(c2cccc([N+](=O)[O-])c2)c2c(cc[nH]c2=O)N1. The number of likely N-dealkylation sites (N-methyl/N-ethyl adjacent to an activating group) is 1. The Balaban J connectivity index is 2.02. The fourth-order valence-corrected chi connectivity index (χ4v) is 3.20. The van der Waals surface area contributed by atoms with E-state index in [0.717, 1.165) is 0 Å². The Morgan fingerprint density at radius 3 is 2.77 bits per heavy atom. The lowest BCUT2D eigenvalue weighted by atomic mass is 9.86. The van der Waals surface area contributed by atoms with Crippen molar-refractivity contribution in [3.8, 4) is 0 Å². The molecule has 158 valence electrons. The van der Waals surface area contributed by atoms with Crippen molar-refractivity contribution >= 4 is 17.5 Å². The van der Waals surface area contributed by atoms with E-state index < -0.39 is 22.6 Å². The van der Waals surface area contributed by atoms with Gasteiger partial charge in [-0.05, 0) is 32.6 Å². The van der Waals surface area contributed by atoms with Crippen molar-refractivity contribution in [2.45, 2.75) is 12.8 Å². The Kier molecular flexibility index (Phi) is 6.17. The summed E-state index contributed by atoms with van der Waals surface area (Å²) in [6.07, 6.45) is 0.576. The molecular weight excluding hydrogens is 392 g/mol. The number of nitro benzene ring substituents is 1. The van der Waals surface area contributed by atoms with Crippen LogP contribution in [0.3, 0.4) is 0 Å². The third-order valence-corrected chi connectivity index (χ3v) is 4.61. The molecule has 1 aromatic heterocycles. The molecule has 3 rings (SSSR count). The zero-order valence-corrected chi connectivity index (χ0v) is 16.8. The van der Waals surface area contributed by atoms with Gasteiger partial charge >= 0.3 is 6.16 Å². The molecule has 0 bridgehead atoms. The number of nitrogens with one attached hydrogen (secondary N) is 2. The number of carbonyl (C=O) groups excluding carboxylic acids is 1. The van der Waals surface area contributed by atoms with Gasteiger partial charge in [0.05, 0.1) is 22.1 Å². The van der Waals surface area contributed by atoms with Crippen LogP contribution in [0.25, 0.3) is 0 Å². The number of nitro groups is 1. The van der Waals surface area contributed by atoms with Gasteiger partial charge in [0.2, 0.25) is 0 Å². The molecule has 30 heavy (non-hydrogen) atoms. The normalized spacial score (nSPS) is 15.4. The first-order valence-corrected chi connectivity index (χ1v) is 9.21. The van der Waals surface area contributed by atoms with Crippen LogP contribution < -0.4 is 10.9 Å². The summed E-state index contributed by atoms with van der Waals surface area (Å²) in [5, 5.41) is 14.3. The summed E-state index contributed by atoms with van der Waals surface area (Å²) >= 11 is 0. The predicted octanol–water partition coefficient (Wildman–Crippen LogP) is 2.79. The highest BCUT2D eigenvalue weighted by Gasteiger charge is 2.34. The summed E-state index contributed by atoms with van der Waals surface area (Å²) in [6.45, 7) is 2.34. The highest BCUT2D eigenvalue weighted by molar-refractivity contribution is 5.68. The van der Waals surface area contributed by atoms with Gasteiger partial charge < -0.3 is 24.7 Å². The van der Waals surface area contributed by atoms with E-state index in [1.165, 1.54) is 24.4 Å². The van der Waals surface area contributed by atoms with E-state index >= 15 is 0 Å². The third-order valence-electron chi connectivity index (χ3n) is 4.61. The van der Waals surface area contributed by atoms with E-state index in [0.29, 0.717) is 29.1 Å². The number of ether oxygens (including phenoxy) is 2. The monoisotopic (exact) mass is 414 g/mol. The van der Waals surface area contributed by atoms with Gasteiger partial charge in [0.1, 0.15) is 12.4 Å². The minimum Gasteiger partial charge on any atom is -0.433 e. The summed E-state index contributed by atoms with van der Waals surface area (Å²) in [6, 6.07) is 7.56. The van der Waals surface area contributed by atoms with Crippen LogP contribution in [-0.4, -0.2) is 48.2 Å². The maximum Gasteiger partial charge on any atom is 0.513 e. The quantitative estimate of drug-likeness (QED) is 0.420. The Labute approximate surface area is 172 Å². The number of H-pyrrole nitrogens is 1. The second-order valence-corrected chi connectivity index (χ2v) is 7.04. The van der Waals surface area contributed by atoms with Crippen LogP contribution in [0, 0.1) is 10.1 Å². The number of benzene rings is 1. The highest BCUT2D eigenvalue weighted by atomic mass is 16.7. The average Bonchev–Trinajstić information content (AvgIpc) is 2.68. The summed E-state index contributed by atoms with van der Waals surface area (Å²) in [4.78, 5) is 40.1. The van der Waals surface area contributed by atoms with Crippen molar-refractivity contribution in [3.63, 3.8) is 0 Å². The van der Waals surface area contributed by atoms with Crippen LogP contribution in [0.1, 0.15) is 24.0 Å². The number of anilines is 1. The fourth-order valence-electron chi connectivity index (χ4n) is 3.20. The maximum absolute atomic E-state index is 12.6. The number of aromatic nitrogens is 1. The molecular formula is C20H22N4O6. The van der Waals surface area contributed by atoms with Crippen LogP contribution in [0.15, 0.2) is 52.8 Å². The lowest BCUT2D eigenvalue weighted by Gasteiger charge is -2.29. The van der Waals surface area contributed by atoms with Gasteiger partial charge in [0.15, 0.2) is 0 Å². The van der Waals surface area contributed by atoms with Crippen molar-refractivity contribution in [2.24, 2.45) is 0 Å². The predicted molar refractivity (Wildman–Crippen MR) is 109 cm³/mol. The first-order chi connectivity index (χ1) is 14.3. The van der Waals surface area contributed by atoms with Crippen molar-refractivity contribution in [1.29, 1.82) is 0 Å². The zero-order chi connectivity index (χ0) is 21.8. The molecule has 1 aliphatic rings. The van der Waals surface area contributed by atoms with Crippen LogP contribution >= 0.6 is 0 Å². The third kappa shape index (κ3) is 4.49. The molecule has 1 unspecified atom stereocenters. The molecule has 10 heteroatoms. The van der Waals surface area contributed by atoms with E-state index in [1.54, 1.807) is 19.1 Å². The summed E-state index contributed by atoms with van der Waals surface area (Å²) < 4.78 is 10.6. The molecule has 2 heterocycles. The Morgan fingerprint density at radius 1 is 1.30 bits per heavy atom. The number of hydrogen-bond donors (Lipinski definition) is 2. The first-order valence-electron chi connectivity index (χ1n) is 9.21. The highest BCUT2D eigenvalue weighted by Crippen LogP contribution is 2.41. The van der Waals surface area contributed by atoms with Gasteiger partial charge in [-0.3, -0.25) is 14.9 Å². The van der Waals surface area contributed by atoms with Crippen LogP contribution in [0.2, 0.25) is 0 Å². The number of hydrogen-bond acceptors (Lipinski definition) is 8. The summed E-state index contributed by atoms with van der Waals surface area (Å²) in [7, 11) is 3.68. The maximum atomic E-state index is 12.6. The fraction of sp³-hybridized carbons (Fsp3) is 0.300. The number of rotatable bonds is 6. The number of aromatic amines is 1. The lowest BCUT2D eigenvalue weighted by molar-refractivity contribution is -0.384. The van der Waals surface area contributed by atoms with Crippen LogP contribution in [0.5, 0.6) is 0 Å². The molecule has 0 radical (unpaired) electrons. The van der Waals surface area contributed by atoms with Gasteiger partial charge in [0.25, 0.3) is 11.2 Å². The van der Waals surface area contributed by atoms with Crippen molar-refractivity contribution in [1.82, 2.24) is 9.88 Å². The number of non-ortho nitro benzene ring substituents is 1. The first kappa shape index (κ1) is 21.1. The van der Waals surface area contributed by atoms with Gasteiger partial charge in [-0.15, -0.1) is 0 Å². The second-order valence-electron chi connectivity index (χ2n) is 7.04. The lowest BCUT2D eigenvalue weighted by Crippen LogP contribution is -2.28. The van der Waals surface area contributed by atoms with E-state index in [9.17, 15) is 19.7 Å². The second kappa shape index (κ2) is 8.78. The smallest absolute Gasteiger partial charge is 0.433 e. The molecule has 2 aromatic rings. The molecule has 0 saturated heterocycles. The Hall–Kier alpha value is -3.66. The van der Waals surface area contributed by atoms with Crippen LogP contribution in [-0.2, 0) is 9.47 Å². The van der Waals surface area contributed by atoms with Crippen LogP contribution in [0.4, 0.5) is 16.2 Å². The number of fused-ring (bicyclic) bond motifs is 1. The molecule has 2 N–H and O–H groups in total. The molecule has 1 aliphatic heterocycles. The van der Waals surface area contributed by atoms with E-state index in [1.807, 2.05) is 19.0 Å². The Morgan fingerprint density at radius 2 is 2.07 bits per heavy atom. The molecule has 0 fully saturated rings. The molecule has 0 amide bonds. The number of pyridine rings is 1. The largest absolute Gasteiger partial charge is 0.513 e. The van der Waals surface area contributed by atoms with Gasteiger partial charge in [-0.25, -0.2) is 4.79 Å². The van der Waals surface area contributed by atoms with E-state index in [-0.39, 0.29) is 18.1 Å².